The summed E-state index contributed by atoms with van der Waals surface area (Å²) in [6, 6.07) is 5.39. The summed E-state index contributed by atoms with van der Waals surface area (Å²) in [4.78, 5) is 27.3. The van der Waals surface area contributed by atoms with E-state index >= 15 is 0 Å². The topological polar surface area (TPSA) is 78.1 Å². The van der Waals surface area contributed by atoms with Crippen LogP contribution < -0.4 is 5.32 Å². The van der Waals surface area contributed by atoms with Crippen LogP contribution in [0.4, 0.5) is 5.82 Å². The lowest BCUT2D eigenvalue weighted by Crippen LogP contribution is -2.49. The second-order valence-corrected chi connectivity index (χ2v) is 6.53. The molecule has 3 heterocycles. The number of piperidine rings is 1. The van der Waals surface area contributed by atoms with E-state index in [0.29, 0.717) is 25.2 Å². The molecule has 2 N–H and O–H groups in total. The van der Waals surface area contributed by atoms with Gasteiger partial charge >= 0.3 is 0 Å². The lowest BCUT2D eigenvalue weighted by Gasteiger charge is -2.34. The van der Waals surface area contributed by atoms with Crippen molar-refractivity contribution < 1.29 is 9.59 Å². The molecule has 0 unspecified atom stereocenters. The number of amides is 2. The Labute approximate surface area is 138 Å². The van der Waals surface area contributed by atoms with E-state index in [9.17, 15) is 9.59 Å². The van der Waals surface area contributed by atoms with Gasteiger partial charge in [0.25, 0.3) is 0 Å². The van der Waals surface area contributed by atoms with Crippen molar-refractivity contribution in [2.75, 3.05) is 11.9 Å². The average Bonchev–Trinajstić information content (AvgIpc) is 3.25. The van der Waals surface area contributed by atoms with Gasteiger partial charge in [0.15, 0.2) is 5.82 Å². The number of rotatable bonds is 4. The zero-order valence-electron chi connectivity index (χ0n) is 13.0. The van der Waals surface area contributed by atoms with Gasteiger partial charge in [-0.1, -0.05) is 13.0 Å². The Morgan fingerprint density at radius 3 is 3.09 bits per heavy atom. The molecule has 6 nitrogen and oxygen atoms in total. The van der Waals surface area contributed by atoms with E-state index in [1.54, 1.807) is 16.2 Å². The molecule has 0 saturated carbocycles. The smallest absolute Gasteiger partial charge is 0.248 e. The van der Waals surface area contributed by atoms with Crippen molar-refractivity contribution in [3.05, 3.63) is 23.6 Å². The SMILES string of the molecule is CCC(=O)N1CCCC[C@H]1C(=O)Nc1cc(-c2cccs2)[nH]n1. The summed E-state index contributed by atoms with van der Waals surface area (Å²) in [7, 11) is 0. The second kappa shape index (κ2) is 6.95. The Balaban J connectivity index is 1.69. The van der Waals surface area contributed by atoms with E-state index < -0.39 is 6.04 Å². The number of anilines is 1. The van der Waals surface area contributed by atoms with E-state index in [0.717, 1.165) is 23.4 Å². The first kappa shape index (κ1) is 15.7. The van der Waals surface area contributed by atoms with Crippen molar-refractivity contribution in [3.63, 3.8) is 0 Å². The number of aromatic nitrogens is 2. The fourth-order valence-corrected chi connectivity index (χ4v) is 3.55. The monoisotopic (exact) mass is 332 g/mol. The molecule has 7 heteroatoms. The first-order valence-electron chi connectivity index (χ1n) is 7.88. The number of aromatic amines is 1. The fraction of sp³-hybridized carbons (Fsp3) is 0.438. The van der Waals surface area contributed by atoms with Gasteiger partial charge in [0.05, 0.1) is 10.6 Å². The van der Waals surface area contributed by atoms with E-state index in [-0.39, 0.29) is 11.8 Å². The van der Waals surface area contributed by atoms with Crippen LogP contribution in [0.2, 0.25) is 0 Å². The quantitative estimate of drug-likeness (QED) is 0.903. The van der Waals surface area contributed by atoms with E-state index in [1.165, 1.54) is 0 Å². The van der Waals surface area contributed by atoms with E-state index in [4.69, 9.17) is 0 Å². The Morgan fingerprint density at radius 1 is 1.48 bits per heavy atom. The standard InChI is InChI=1S/C16H20N4O2S/c1-2-15(21)20-8-4-3-6-12(20)16(22)17-14-10-11(18-19-14)13-7-5-9-23-13/h5,7,9-10,12H,2-4,6,8H2,1H3,(H2,17,18,19,22)/t12-/m0/s1. The van der Waals surface area contributed by atoms with Crippen molar-refractivity contribution in [3.8, 4) is 10.6 Å². The molecule has 122 valence electrons. The highest BCUT2D eigenvalue weighted by Gasteiger charge is 2.31. The molecule has 2 aromatic rings. The number of nitrogens with zero attached hydrogens (tertiary/aromatic N) is 2. The molecule has 0 bridgehead atoms. The van der Waals surface area contributed by atoms with Crippen LogP contribution in [0.1, 0.15) is 32.6 Å². The van der Waals surface area contributed by atoms with Crippen LogP contribution in [-0.4, -0.2) is 39.5 Å². The first-order valence-corrected chi connectivity index (χ1v) is 8.76. The summed E-state index contributed by atoms with van der Waals surface area (Å²) >= 11 is 1.61. The van der Waals surface area contributed by atoms with Gasteiger partial charge in [-0.05, 0) is 30.7 Å². The molecule has 0 aliphatic carbocycles. The molecule has 23 heavy (non-hydrogen) atoms. The molecular weight excluding hydrogens is 312 g/mol. The van der Waals surface area contributed by atoms with Crippen LogP contribution in [0, 0.1) is 0 Å². The van der Waals surface area contributed by atoms with Crippen molar-refractivity contribution in [1.29, 1.82) is 0 Å². The van der Waals surface area contributed by atoms with E-state index in [2.05, 4.69) is 15.5 Å². The summed E-state index contributed by atoms with van der Waals surface area (Å²) in [5.41, 5.74) is 0.875. The predicted octanol–water partition coefficient (Wildman–Crippen LogP) is 2.87. The maximum Gasteiger partial charge on any atom is 0.248 e. The number of carbonyl (C=O) groups excluding carboxylic acids is 2. The highest BCUT2D eigenvalue weighted by Crippen LogP contribution is 2.25. The van der Waals surface area contributed by atoms with Crippen LogP contribution in [0.15, 0.2) is 23.6 Å². The van der Waals surface area contributed by atoms with Crippen LogP contribution in [0.25, 0.3) is 10.6 Å². The van der Waals surface area contributed by atoms with Gasteiger partial charge in [0.2, 0.25) is 11.8 Å². The zero-order valence-corrected chi connectivity index (χ0v) is 13.9. The molecule has 2 amide bonds. The van der Waals surface area contributed by atoms with Crippen molar-refractivity contribution in [2.24, 2.45) is 0 Å². The first-order chi connectivity index (χ1) is 11.2. The van der Waals surface area contributed by atoms with Gasteiger partial charge in [-0.2, -0.15) is 5.10 Å². The average molecular weight is 332 g/mol. The van der Waals surface area contributed by atoms with Gasteiger partial charge in [-0.15, -0.1) is 11.3 Å². The lowest BCUT2D eigenvalue weighted by atomic mass is 10.0. The van der Waals surface area contributed by atoms with Crippen LogP contribution in [-0.2, 0) is 9.59 Å². The second-order valence-electron chi connectivity index (χ2n) is 5.59. The Kier molecular flexibility index (Phi) is 4.76. The molecular formula is C16H20N4O2S. The molecule has 1 saturated heterocycles. The summed E-state index contributed by atoms with van der Waals surface area (Å²) in [5, 5.41) is 11.9. The van der Waals surface area contributed by atoms with Crippen LogP contribution >= 0.6 is 11.3 Å². The predicted molar refractivity (Wildman–Crippen MR) is 90.2 cm³/mol. The third-order valence-corrected chi connectivity index (χ3v) is 4.95. The highest BCUT2D eigenvalue weighted by molar-refractivity contribution is 7.13. The molecule has 0 aromatic carbocycles. The van der Waals surface area contributed by atoms with Gasteiger partial charge in [-0.3, -0.25) is 14.7 Å². The number of H-pyrrole nitrogens is 1. The lowest BCUT2D eigenvalue weighted by molar-refractivity contribution is -0.140. The van der Waals surface area contributed by atoms with Gasteiger partial charge in [0, 0.05) is 19.0 Å². The summed E-state index contributed by atoms with van der Waals surface area (Å²) in [5.74, 6) is 0.370. The zero-order chi connectivity index (χ0) is 16.2. The Hall–Kier alpha value is -2.15. The number of nitrogens with one attached hydrogen (secondary N) is 2. The van der Waals surface area contributed by atoms with Gasteiger partial charge in [-0.25, -0.2) is 0 Å². The normalized spacial score (nSPS) is 18.0. The maximum absolute atomic E-state index is 12.5. The molecule has 1 atom stereocenters. The van der Waals surface area contributed by atoms with Crippen molar-refractivity contribution >= 4 is 29.0 Å². The number of hydrogen-bond donors (Lipinski definition) is 2. The number of thiophene rings is 1. The van der Waals surface area contributed by atoms with Crippen molar-refractivity contribution in [2.45, 2.75) is 38.6 Å². The number of hydrogen-bond acceptors (Lipinski definition) is 4. The minimum Gasteiger partial charge on any atom is -0.331 e. The summed E-state index contributed by atoms with van der Waals surface area (Å²) < 4.78 is 0. The largest absolute Gasteiger partial charge is 0.331 e. The third kappa shape index (κ3) is 3.44. The molecule has 1 aliphatic heterocycles. The Morgan fingerprint density at radius 2 is 2.35 bits per heavy atom. The van der Waals surface area contributed by atoms with Crippen LogP contribution in [0.3, 0.4) is 0 Å². The highest BCUT2D eigenvalue weighted by atomic mass is 32.1. The number of carbonyl (C=O) groups is 2. The minimum atomic E-state index is -0.391. The third-order valence-electron chi connectivity index (χ3n) is 4.04. The molecule has 1 aliphatic rings. The molecule has 3 rings (SSSR count). The molecule has 2 aromatic heterocycles. The van der Waals surface area contributed by atoms with Gasteiger partial charge < -0.3 is 10.2 Å². The minimum absolute atomic E-state index is 0.0335. The molecule has 0 spiro atoms. The van der Waals surface area contributed by atoms with Crippen molar-refractivity contribution in [1.82, 2.24) is 15.1 Å². The fourth-order valence-electron chi connectivity index (χ4n) is 2.86. The molecule has 0 radical (unpaired) electrons. The maximum atomic E-state index is 12.5. The van der Waals surface area contributed by atoms with Crippen LogP contribution in [0.5, 0.6) is 0 Å². The summed E-state index contributed by atoms with van der Waals surface area (Å²) in [6.45, 7) is 2.48. The Bertz CT molecular complexity index is 680. The van der Waals surface area contributed by atoms with E-state index in [1.807, 2.05) is 30.5 Å². The van der Waals surface area contributed by atoms with Gasteiger partial charge in [0.1, 0.15) is 6.04 Å². The summed E-state index contributed by atoms with van der Waals surface area (Å²) in [6.07, 6.45) is 3.06. The molecule has 1 fully saturated rings. The number of likely N-dealkylation sites (tertiary alicyclic amines) is 1.